The molecular formula is C30H30N4O9. The summed E-state index contributed by atoms with van der Waals surface area (Å²) in [5, 5.41) is 46.6. The summed E-state index contributed by atoms with van der Waals surface area (Å²) in [6.07, 6.45) is 0.0692. The van der Waals surface area contributed by atoms with Crippen LogP contribution < -0.4 is 10.6 Å². The van der Waals surface area contributed by atoms with Gasteiger partial charge < -0.3 is 31.1 Å². The highest BCUT2D eigenvalue weighted by Crippen LogP contribution is 2.56. The standard InChI is InChI=1S/C30H30N4O9/c1-33(2)18-11-15(12-5-7-13(8-6-12)29(41)42)23(35)20-16(18)9-14-10-17-22(34(3)4)25(37)21(28(31)40)27(39)30(17,32-43)26(38)19(14)24(20)36/h5-8,11,14,17,22,35-36,39H,9-10H2,1-4H3,(H2,31,40)(H,41,42)/t14-,17-,22+,30-/m0/s1. The van der Waals surface area contributed by atoms with E-state index in [1.165, 1.54) is 43.3 Å². The van der Waals surface area contributed by atoms with E-state index in [9.17, 15) is 44.5 Å². The number of carboxylic acid groups (broad SMARTS) is 1. The number of likely N-dealkylation sites (N-methyl/N-ethyl adjacent to an activating group) is 1. The zero-order chi connectivity index (χ0) is 31.7. The lowest BCUT2D eigenvalue weighted by atomic mass is 9.56. The third kappa shape index (κ3) is 4.02. The van der Waals surface area contributed by atoms with Crippen LogP contribution in [-0.4, -0.2) is 88.5 Å². The fourth-order valence-corrected chi connectivity index (χ4v) is 6.86. The number of amides is 1. The molecule has 0 radical (unpaired) electrons. The van der Waals surface area contributed by atoms with Gasteiger partial charge in [-0.05, 0) is 67.4 Å². The fourth-order valence-electron chi connectivity index (χ4n) is 6.86. The van der Waals surface area contributed by atoms with Gasteiger partial charge >= 0.3 is 5.97 Å². The minimum absolute atomic E-state index is 0.0287. The van der Waals surface area contributed by atoms with Crippen LogP contribution >= 0.6 is 0 Å². The van der Waals surface area contributed by atoms with Crippen LogP contribution in [0.4, 0.5) is 5.69 Å². The quantitative estimate of drug-likeness (QED) is 0.243. The Kier molecular flexibility index (Phi) is 6.88. The predicted molar refractivity (Wildman–Crippen MR) is 155 cm³/mol. The Morgan fingerprint density at radius 1 is 1.05 bits per heavy atom. The van der Waals surface area contributed by atoms with Crippen LogP contribution in [0.25, 0.3) is 16.9 Å². The molecule has 0 unspecified atom stereocenters. The first-order valence-electron chi connectivity index (χ1n) is 13.4. The molecule has 3 aliphatic carbocycles. The normalized spacial score (nSPS) is 24.8. The largest absolute Gasteiger partial charge is 0.508 e. The van der Waals surface area contributed by atoms with Gasteiger partial charge in [-0.15, -0.1) is 4.91 Å². The minimum atomic E-state index is -2.62. The zero-order valence-corrected chi connectivity index (χ0v) is 23.8. The number of hydrogen-bond acceptors (Lipinski definition) is 11. The van der Waals surface area contributed by atoms with Crippen molar-refractivity contribution in [1.29, 1.82) is 0 Å². The number of ketones is 2. The number of phenolic OH excluding ortho intramolecular Hbond substituents is 1. The number of aliphatic hydroxyl groups excluding tert-OH is 2. The maximum Gasteiger partial charge on any atom is 0.335 e. The summed E-state index contributed by atoms with van der Waals surface area (Å²) in [6, 6.07) is 6.20. The van der Waals surface area contributed by atoms with Crippen molar-refractivity contribution in [3.8, 4) is 16.9 Å². The molecule has 0 heterocycles. The summed E-state index contributed by atoms with van der Waals surface area (Å²) in [7, 11) is 6.55. The maximum atomic E-state index is 14.3. The number of carbonyl (C=O) groups is 4. The summed E-state index contributed by atoms with van der Waals surface area (Å²) in [6.45, 7) is 0. The van der Waals surface area contributed by atoms with Gasteiger partial charge in [-0.25, -0.2) is 4.79 Å². The lowest BCUT2D eigenvalue weighted by molar-refractivity contribution is -0.134. The van der Waals surface area contributed by atoms with Crippen molar-refractivity contribution in [2.75, 3.05) is 33.1 Å². The van der Waals surface area contributed by atoms with Gasteiger partial charge in [-0.1, -0.05) is 12.1 Å². The molecule has 0 aliphatic heterocycles. The monoisotopic (exact) mass is 590 g/mol. The van der Waals surface area contributed by atoms with E-state index >= 15 is 0 Å². The third-order valence-electron chi connectivity index (χ3n) is 8.77. The number of aliphatic hydroxyl groups is 2. The van der Waals surface area contributed by atoms with Crippen LogP contribution in [0.2, 0.25) is 0 Å². The Balaban J connectivity index is 1.78. The topological polar surface area (TPSA) is 211 Å². The number of benzene rings is 2. The van der Waals surface area contributed by atoms with Gasteiger partial charge in [0.05, 0.1) is 17.2 Å². The maximum absolute atomic E-state index is 14.3. The molecule has 224 valence electrons. The molecular weight excluding hydrogens is 560 g/mol. The molecule has 6 N–H and O–H groups in total. The van der Waals surface area contributed by atoms with Crippen LogP contribution in [0, 0.1) is 16.7 Å². The van der Waals surface area contributed by atoms with E-state index in [1.54, 1.807) is 25.1 Å². The first-order chi connectivity index (χ1) is 20.2. The Labute approximate surface area is 245 Å². The fraction of sp³-hybridized carbons (Fsp3) is 0.333. The zero-order valence-electron chi connectivity index (χ0n) is 23.8. The summed E-state index contributed by atoms with van der Waals surface area (Å²) in [4.78, 5) is 67.0. The van der Waals surface area contributed by atoms with Crippen LogP contribution in [-0.2, 0) is 20.8 Å². The minimum Gasteiger partial charge on any atom is -0.508 e. The summed E-state index contributed by atoms with van der Waals surface area (Å²) >= 11 is 0. The van der Waals surface area contributed by atoms with Gasteiger partial charge in [0.2, 0.25) is 11.3 Å². The van der Waals surface area contributed by atoms with E-state index in [4.69, 9.17) is 5.73 Å². The number of carboxylic acids is 1. The number of nitrogens with two attached hydrogens (primary N) is 1. The predicted octanol–water partition coefficient (Wildman–Crippen LogP) is 2.17. The second-order valence-electron chi connectivity index (χ2n) is 11.5. The molecule has 5 rings (SSSR count). The first kappa shape index (κ1) is 29.5. The second kappa shape index (κ2) is 10.1. The molecule has 0 aromatic heterocycles. The number of anilines is 1. The molecule has 13 nitrogen and oxygen atoms in total. The highest BCUT2D eigenvalue weighted by atomic mass is 16.4. The number of hydrogen-bond donors (Lipinski definition) is 5. The average molecular weight is 591 g/mol. The average Bonchev–Trinajstić information content (AvgIpc) is 2.92. The molecule has 0 spiro atoms. The number of Topliss-reactive ketones (excluding diaryl/α,β-unsaturated/α-hetero) is 2. The first-order valence-corrected chi connectivity index (χ1v) is 13.4. The molecule has 13 heteroatoms. The van der Waals surface area contributed by atoms with E-state index in [2.05, 4.69) is 5.18 Å². The number of aromatic carboxylic acids is 1. The van der Waals surface area contributed by atoms with E-state index in [0.29, 0.717) is 16.8 Å². The third-order valence-corrected chi connectivity index (χ3v) is 8.77. The van der Waals surface area contributed by atoms with Crippen molar-refractivity contribution in [3.63, 3.8) is 0 Å². The molecule has 1 amide bonds. The number of nitroso groups, excluding NO2 is 1. The lowest BCUT2D eigenvalue weighted by Gasteiger charge is -2.49. The van der Waals surface area contributed by atoms with Crippen LogP contribution in [0.1, 0.15) is 27.9 Å². The van der Waals surface area contributed by atoms with Gasteiger partial charge in [0.15, 0.2) is 5.78 Å². The number of rotatable bonds is 6. The smallest absolute Gasteiger partial charge is 0.335 e. The number of carbonyl (C=O) groups excluding carboxylic acids is 3. The lowest BCUT2D eigenvalue weighted by Crippen LogP contribution is -2.64. The number of primary amides is 1. The van der Waals surface area contributed by atoms with E-state index in [-0.39, 0.29) is 35.1 Å². The molecule has 0 bridgehead atoms. The van der Waals surface area contributed by atoms with Gasteiger partial charge in [0, 0.05) is 36.8 Å². The second-order valence-corrected chi connectivity index (χ2v) is 11.5. The van der Waals surface area contributed by atoms with Gasteiger partial charge in [-0.3, -0.25) is 19.3 Å². The van der Waals surface area contributed by atoms with Gasteiger partial charge in [0.25, 0.3) is 5.91 Å². The SMILES string of the molecule is CN(C)c1cc(-c2ccc(C(=O)O)cc2)c(O)c2c1C[C@H]1C[C@H]3[C@@H](N(C)C)C(=O)C(C(N)=O)=C(O)[C@@]3(N=O)C(=O)C1=C2O. The van der Waals surface area contributed by atoms with Crippen molar-refractivity contribution >= 4 is 34.9 Å². The van der Waals surface area contributed by atoms with Crippen molar-refractivity contribution in [2.45, 2.75) is 24.4 Å². The molecule has 3 aliphatic rings. The highest BCUT2D eigenvalue weighted by molar-refractivity contribution is 6.25. The number of nitrogens with zero attached hydrogens (tertiary/aromatic N) is 3. The van der Waals surface area contributed by atoms with Gasteiger partial charge in [0.1, 0.15) is 22.8 Å². The Morgan fingerprint density at radius 3 is 2.19 bits per heavy atom. The van der Waals surface area contributed by atoms with Crippen LogP contribution in [0.3, 0.4) is 0 Å². The highest BCUT2D eigenvalue weighted by Gasteiger charge is 2.66. The molecule has 2 aromatic carbocycles. The van der Waals surface area contributed by atoms with E-state index in [1.807, 2.05) is 0 Å². The van der Waals surface area contributed by atoms with E-state index in [0.717, 1.165) is 0 Å². The number of phenols is 1. The molecule has 1 fully saturated rings. The summed E-state index contributed by atoms with van der Waals surface area (Å²) in [5.41, 5.74) is 3.32. The van der Waals surface area contributed by atoms with Crippen molar-refractivity contribution in [1.82, 2.24) is 4.90 Å². The molecule has 1 saturated carbocycles. The van der Waals surface area contributed by atoms with Crippen molar-refractivity contribution in [2.24, 2.45) is 22.7 Å². The summed E-state index contributed by atoms with van der Waals surface area (Å²) < 4.78 is 0. The van der Waals surface area contributed by atoms with Crippen LogP contribution in [0.5, 0.6) is 5.75 Å². The van der Waals surface area contributed by atoms with Crippen molar-refractivity contribution in [3.05, 3.63) is 68.8 Å². The number of aromatic hydroxyl groups is 1. The van der Waals surface area contributed by atoms with Crippen molar-refractivity contribution < 1.29 is 39.6 Å². The van der Waals surface area contributed by atoms with Crippen LogP contribution in [0.15, 0.2) is 52.4 Å². The van der Waals surface area contributed by atoms with E-state index < -0.39 is 69.7 Å². The van der Waals surface area contributed by atoms with Gasteiger partial charge in [-0.2, -0.15) is 0 Å². The molecule has 4 atom stereocenters. The summed E-state index contributed by atoms with van der Waals surface area (Å²) in [5.74, 6) is -8.49. The Bertz CT molecular complexity index is 1690. The molecule has 43 heavy (non-hydrogen) atoms. The number of fused-ring (bicyclic) bond motifs is 3. The Morgan fingerprint density at radius 2 is 1.67 bits per heavy atom. The Hall–Kier alpha value is -5.04. The molecule has 0 saturated heterocycles. The molecule has 2 aromatic rings.